The van der Waals surface area contributed by atoms with E-state index in [1.807, 2.05) is 0 Å². The van der Waals surface area contributed by atoms with Crippen LogP contribution < -0.4 is 5.32 Å². The molecule has 0 aliphatic rings. The highest BCUT2D eigenvalue weighted by molar-refractivity contribution is 7.09. The van der Waals surface area contributed by atoms with Crippen LogP contribution in [0, 0.1) is 4.91 Å². The van der Waals surface area contributed by atoms with Crippen LogP contribution in [0.3, 0.4) is 0 Å². The number of carbonyl (C=O) groups excluding carboxylic acids is 1. The number of nitroso groups, excluding NO2 is 1. The second-order valence-electron chi connectivity index (χ2n) is 2.48. The van der Waals surface area contributed by atoms with Crippen molar-refractivity contribution in [2.24, 2.45) is 5.29 Å². The number of amides is 2. The minimum Gasteiger partial charge on any atom is -0.330 e. The first-order valence-electron chi connectivity index (χ1n) is 4.11. The Morgan fingerprint density at radius 2 is 2.44 bits per heavy atom. The van der Waals surface area contributed by atoms with E-state index in [0.717, 1.165) is 10.0 Å². The van der Waals surface area contributed by atoms with Crippen LogP contribution >= 0.6 is 35.3 Å². The second-order valence-corrected chi connectivity index (χ2v) is 3.84. The topological polar surface area (TPSA) is 74.7 Å². The van der Waals surface area contributed by atoms with E-state index in [-0.39, 0.29) is 31.4 Å². The average molecular weight is 285 g/mol. The summed E-state index contributed by atoms with van der Waals surface area (Å²) in [4.78, 5) is 25.5. The number of aromatic nitrogens is 1. The summed E-state index contributed by atoms with van der Waals surface area (Å²) >= 11 is 6.81. The molecule has 1 aromatic heterocycles. The Bertz CT molecular complexity index is 322. The quantitative estimate of drug-likeness (QED) is 0.510. The van der Waals surface area contributed by atoms with Gasteiger partial charge < -0.3 is 5.32 Å². The lowest BCUT2D eigenvalue weighted by atomic mass is 10.6. The molecule has 0 saturated carbocycles. The third-order valence-corrected chi connectivity index (χ3v) is 2.45. The van der Waals surface area contributed by atoms with E-state index in [1.165, 1.54) is 11.3 Å². The zero-order valence-electron chi connectivity index (χ0n) is 8.13. The van der Waals surface area contributed by atoms with Crippen molar-refractivity contribution < 1.29 is 4.79 Å². The number of hydrogen-bond acceptors (Lipinski definition) is 5. The Morgan fingerprint density at radius 1 is 1.69 bits per heavy atom. The minimum absolute atomic E-state index is 0. The standard InChI is InChI=1S/C7H9ClN4O2S.ClH/c8-1-3-12(11-14)7(13)10-5-6-9-2-4-15-6;/h2,4H,1,3,5H2,(H,10,13);1H. The molecule has 0 fully saturated rings. The molecule has 90 valence electrons. The second kappa shape index (κ2) is 8.26. The van der Waals surface area contributed by atoms with E-state index in [2.05, 4.69) is 15.6 Å². The number of urea groups is 1. The van der Waals surface area contributed by atoms with E-state index in [9.17, 15) is 9.70 Å². The first kappa shape index (κ1) is 15.1. The zero-order valence-corrected chi connectivity index (χ0v) is 10.5. The van der Waals surface area contributed by atoms with E-state index < -0.39 is 6.03 Å². The van der Waals surface area contributed by atoms with Crippen LogP contribution in [0.1, 0.15) is 5.01 Å². The predicted molar refractivity (Wildman–Crippen MR) is 64.8 cm³/mol. The summed E-state index contributed by atoms with van der Waals surface area (Å²) < 4.78 is 0. The van der Waals surface area contributed by atoms with Gasteiger partial charge in [0.1, 0.15) is 5.01 Å². The Hall–Kier alpha value is -0.920. The molecule has 0 radical (unpaired) electrons. The molecule has 16 heavy (non-hydrogen) atoms. The summed E-state index contributed by atoms with van der Waals surface area (Å²) in [6.07, 6.45) is 1.64. The number of rotatable bonds is 5. The van der Waals surface area contributed by atoms with Gasteiger partial charge in [-0.05, 0) is 0 Å². The molecule has 2 amide bonds. The number of carbonyl (C=O) groups is 1. The largest absolute Gasteiger partial charge is 0.340 e. The lowest BCUT2D eigenvalue weighted by Gasteiger charge is -2.11. The van der Waals surface area contributed by atoms with Crippen molar-refractivity contribution in [2.75, 3.05) is 12.4 Å². The molecule has 9 heteroatoms. The Balaban J connectivity index is 0.00000225. The molecule has 1 rings (SSSR count). The van der Waals surface area contributed by atoms with Crippen LogP contribution in [0.25, 0.3) is 0 Å². The first-order valence-corrected chi connectivity index (χ1v) is 5.52. The van der Waals surface area contributed by atoms with Crippen LogP contribution in [0.4, 0.5) is 4.79 Å². The summed E-state index contributed by atoms with van der Waals surface area (Å²) in [6, 6.07) is -0.569. The lowest BCUT2D eigenvalue weighted by molar-refractivity contribution is 0.202. The Kier molecular flexibility index (Phi) is 7.78. The van der Waals surface area contributed by atoms with Gasteiger partial charge in [-0.2, -0.15) is 5.01 Å². The molecule has 1 N–H and O–H groups in total. The van der Waals surface area contributed by atoms with E-state index in [0.29, 0.717) is 0 Å². The van der Waals surface area contributed by atoms with Gasteiger partial charge in [0, 0.05) is 17.5 Å². The molecule has 0 unspecified atom stereocenters. The maximum absolute atomic E-state index is 11.3. The van der Waals surface area contributed by atoms with Gasteiger partial charge in [0.15, 0.2) is 0 Å². The molecule has 0 aliphatic carbocycles. The molecule has 0 aliphatic heterocycles. The Labute approximate surface area is 107 Å². The molecule has 1 heterocycles. The van der Waals surface area contributed by atoms with Crippen LogP contribution in [0.15, 0.2) is 16.9 Å². The molecule has 0 bridgehead atoms. The predicted octanol–water partition coefficient (Wildman–Crippen LogP) is 2.00. The summed E-state index contributed by atoms with van der Waals surface area (Å²) in [5, 5.41) is 8.35. The number of halogens is 2. The number of hydrogen-bond donors (Lipinski definition) is 1. The number of nitrogens with zero attached hydrogens (tertiary/aromatic N) is 3. The van der Waals surface area contributed by atoms with Crippen LogP contribution in [-0.2, 0) is 6.54 Å². The number of thiazole rings is 1. The number of alkyl halides is 1. The van der Waals surface area contributed by atoms with Gasteiger partial charge in [-0.15, -0.1) is 40.3 Å². The third-order valence-electron chi connectivity index (χ3n) is 1.50. The first-order chi connectivity index (χ1) is 7.27. The van der Waals surface area contributed by atoms with Crippen molar-refractivity contribution in [1.29, 1.82) is 0 Å². The fourth-order valence-corrected chi connectivity index (χ4v) is 1.56. The highest BCUT2D eigenvalue weighted by Gasteiger charge is 2.12. The summed E-state index contributed by atoms with van der Waals surface area (Å²) in [5.74, 6) is 0.163. The van der Waals surface area contributed by atoms with Gasteiger partial charge in [-0.25, -0.2) is 9.78 Å². The van der Waals surface area contributed by atoms with E-state index in [1.54, 1.807) is 11.6 Å². The highest BCUT2D eigenvalue weighted by atomic mass is 35.5. The Morgan fingerprint density at radius 3 is 2.94 bits per heavy atom. The van der Waals surface area contributed by atoms with Crippen molar-refractivity contribution >= 4 is 41.4 Å². The van der Waals surface area contributed by atoms with Crippen molar-refractivity contribution in [1.82, 2.24) is 15.3 Å². The fourth-order valence-electron chi connectivity index (χ4n) is 0.842. The van der Waals surface area contributed by atoms with Gasteiger partial charge in [0.2, 0.25) is 0 Å². The average Bonchev–Trinajstić information content (AvgIpc) is 2.75. The lowest BCUT2D eigenvalue weighted by Crippen LogP contribution is -2.36. The number of nitrogens with one attached hydrogen (secondary N) is 1. The zero-order chi connectivity index (χ0) is 11.1. The molecule has 0 atom stereocenters. The molecule has 1 aromatic rings. The monoisotopic (exact) mass is 284 g/mol. The highest BCUT2D eigenvalue weighted by Crippen LogP contribution is 2.03. The van der Waals surface area contributed by atoms with Crippen molar-refractivity contribution in [2.45, 2.75) is 6.54 Å². The summed E-state index contributed by atoms with van der Waals surface area (Å²) in [7, 11) is 0. The van der Waals surface area contributed by atoms with Crippen molar-refractivity contribution in [3.05, 3.63) is 21.5 Å². The SMILES string of the molecule is Cl.O=NN(CCCl)C(=O)NCc1nccs1. The maximum Gasteiger partial charge on any atom is 0.340 e. The fraction of sp³-hybridized carbons (Fsp3) is 0.429. The molecule has 0 spiro atoms. The van der Waals surface area contributed by atoms with E-state index >= 15 is 0 Å². The van der Waals surface area contributed by atoms with Gasteiger partial charge in [-0.1, -0.05) is 0 Å². The molecular formula is C7H10Cl2N4O2S. The van der Waals surface area contributed by atoms with Crippen molar-refractivity contribution in [3.8, 4) is 0 Å². The molecule has 0 saturated heterocycles. The maximum atomic E-state index is 11.3. The van der Waals surface area contributed by atoms with Gasteiger partial charge >= 0.3 is 6.03 Å². The van der Waals surface area contributed by atoms with Gasteiger partial charge in [-0.3, -0.25) is 0 Å². The van der Waals surface area contributed by atoms with E-state index in [4.69, 9.17) is 11.6 Å². The summed E-state index contributed by atoms with van der Waals surface area (Å²) in [5.41, 5.74) is 0. The van der Waals surface area contributed by atoms with Crippen LogP contribution in [0.2, 0.25) is 0 Å². The van der Waals surface area contributed by atoms with Crippen LogP contribution in [-0.4, -0.2) is 28.4 Å². The molecule has 0 aromatic carbocycles. The molecular weight excluding hydrogens is 275 g/mol. The third kappa shape index (κ3) is 4.73. The molecule has 6 nitrogen and oxygen atoms in total. The summed E-state index contributed by atoms with van der Waals surface area (Å²) in [6.45, 7) is 0.375. The van der Waals surface area contributed by atoms with Gasteiger partial charge in [0.25, 0.3) is 0 Å². The normalized spacial score (nSPS) is 9.06. The minimum atomic E-state index is -0.569. The smallest absolute Gasteiger partial charge is 0.330 e. The van der Waals surface area contributed by atoms with Gasteiger partial charge in [0.05, 0.1) is 18.4 Å². The van der Waals surface area contributed by atoms with Crippen molar-refractivity contribution in [3.63, 3.8) is 0 Å². The van der Waals surface area contributed by atoms with Crippen LogP contribution in [0.5, 0.6) is 0 Å².